The molecule has 0 fully saturated rings. The van der Waals surface area contributed by atoms with E-state index in [2.05, 4.69) is 5.32 Å². The third-order valence-corrected chi connectivity index (χ3v) is 3.54. The van der Waals surface area contributed by atoms with Crippen LogP contribution < -0.4 is 10.2 Å². The summed E-state index contributed by atoms with van der Waals surface area (Å²) in [5, 5.41) is 12.0. The summed E-state index contributed by atoms with van der Waals surface area (Å²) in [6.45, 7) is 0. The monoisotopic (exact) mass is 344 g/mol. The predicted octanol–water partition coefficient (Wildman–Crippen LogP) is 3.76. The molecule has 2 aromatic rings. The Morgan fingerprint density at radius 1 is 1.12 bits per heavy atom. The highest BCUT2D eigenvalue weighted by atomic mass is 35.5. The second-order valence-corrected chi connectivity index (χ2v) is 5.74. The van der Waals surface area contributed by atoms with Crippen molar-refractivity contribution in [3.05, 3.63) is 64.7 Å². The fourth-order valence-corrected chi connectivity index (χ4v) is 2.20. The number of carboxylic acid groups (broad SMARTS) is 1. The molecule has 0 bridgehead atoms. The molecule has 0 radical (unpaired) electrons. The van der Waals surface area contributed by atoms with E-state index in [0.29, 0.717) is 5.02 Å². The number of nitrogens with one attached hydrogen (secondary N) is 1. The fraction of sp³-hybridized carbons (Fsp3) is 0.111. The first-order chi connectivity index (χ1) is 11.4. The van der Waals surface area contributed by atoms with E-state index in [1.165, 1.54) is 24.3 Å². The maximum Gasteiger partial charge on any atom is 0.337 e. The molecule has 124 valence electrons. The van der Waals surface area contributed by atoms with Gasteiger partial charge in [-0.2, -0.15) is 0 Å². The zero-order valence-electron chi connectivity index (χ0n) is 13.3. The Morgan fingerprint density at radius 3 is 2.38 bits per heavy atom. The van der Waals surface area contributed by atoms with Gasteiger partial charge < -0.3 is 15.3 Å². The van der Waals surface area contributed by atoms with E-state index in [9.17, 15) is 9.59 Å². The number of carbonyl (C=O) groups excluding carboxylic acids is 1. The van der Waals surface area contributed by atoms with Crippen LogP contribution >= 0.6 is 11.6 Å². The lowest BCUT2D eigenvalue weighted by Crippen LogP contribution is -2.12. The number of carbonyl (C=O) groups is 2. The lowest BCUT2D eigenvalue weighted by atomic mass is 10.1. The lowest BCUT2D eigenvalue weighted by molar-refractivity contribution is -0.111. The number of hydrogen-bond donors (Lipinski definition) is 2. The van der Waals surface area contributed by atoms with E-state index in [4.69, 9.17) is 16.7 Å². The van der Waals surface area contributed by atoms with Crippen LogP contribution in [0, 0.1) is 0 Å². The van der Waals surface area contributed by atoms with Crippen LogP contribution in [-0.2, 0) is 4.79 Å². The van der Waals surface area contributed by atoms with Gasteiger partial charge in [0, 0.05) is 30.9 Å². The molecule has 2 aromatic carbocycles. The van der Waals surface area contributed by atoms with Gasteiger partial charge in [-0.1, -0.05) is 23.7 Å². The number of carboxylic acids is 1. The zero-order valence-corrected chi connectivity index (χ0v) is 14.0. The molecule has 1 amide bonds. The van der Waals surface area contributed by atoms with Crippen LogP contribution in [-0.4, -0.2) is 31.1 Å². The predicted molar refractivity (Wildman–Crippen MR) is 96.8 cm³/mol. The quantitative estimate of drug-likeness (QED) is 0.810. The van der Waals surface area contributed by atoms with Gasteiger partial charge in [-0.05, 0) is 42.0 Å². The van der Waals surface area contributed by atoms with Crippen LogP contribution in [0.3, 0.4) is 0 Å². The number of nitrogens with zero attached hydrogens (tertiary/aromatic N) is 1. The van der Waals surface area contributed by atoms with Crippen molar-refractivity contribution in [1.82, 2.24) is 0 Å². The Morgan fingerprint density at radius 2 is 1.79 bits per heavy atom. The number of amides is 1. The minimum absolute atomic E-state index is 0.0559. The van der Waals surface area contributed by atoms with Gasteiger partial charge in [0.2, 0.25) is 5.91 Å². The standard InChI is InChI=1S/C18H17ClN2O3/c1-21(2)14-7-3-12(4-8-14)5-10-17(22)20-16-9-6-13(19)11-15(16)18(23)24/h3-11H,1-2H3,(H,20,22)(H,23,24)/b10-5+. The molecule has 0 atom stereocenters. The van der Waals surface area contributed by atoms with E-state index in [-0.39, 0.29) is 11.3 Å². The third kappa shape index (κ3) is 4.60. The molecule has 0 saturated carbocycles. The summed E-state index contributed by atoms with van der Waals surface area (Å²) in [4.78, 5) is 25.2. The summed E-state index contributed by atoms with van der Waals surface area (Å²) >= 11 is 5.78. The van der Waals surface area contributed by atoms with Crippen molar-refractivity contribution < 1.29 is 14.7 Å². The van der Waals surface area contributed by atoms with Crippen molar-refractivity contribution in [2.75, 3.05) is 24.3 Å². The minimum Gasteiger partial charge on any atom is -0.478 e. The number of hydrogen-bond acceptors (Lipinski definition) is 3. The molecular formula is C18H17ClN2O3. The summed E-state index contributed by atoms with van der Waals surface area (Å²) < 4.78 is 0. The third-order valence-electron chi connectivity index (χ3n) is 3.31. The summed E-state index contributed by atoms with van der Waals surface area (Å²) in [6, 6.07) is 12.0. The molecular weight excluding hydrogens is 328 g/mol. The second kappa shape index (κ2) is 7.66. The van der Waals surface area contributed by atoms with Crippen LogP contribution in [0.25, 0.3) is 6.08 Å². The minimum atomic E-state index is -1.16. The van der Waals surface area contributed by atoms with Crippen LogP contribution in [0.5, 0.6) is 0 Å². The summed E-state index contributed by atoms with van der Waals surface area (Å²) in [6.07, 6.45) is 3.01. The number of rotatable bonds is 5. The van der Waals surface area contributed by atoms with Crippen LogP contribution in [0.4, 0.5) is 11.4 Å². The molecule has 2 rings (SSSR count). The number of halogens is 1. The van der Waals surface area contributed by atoms with E-state index in [1.54, 1.807) is 6.08 Å². The van der Waals surface area contributed by atoms with E-state index >= 15 is 0 Å². The van der Waals surface area contributed by atoms with Crippen molar-refractivity contribution in [3.8, 4) is 0 Å². The molecule has 0 spiro atoms. The van der Waals surface area contributed by atoms with E-state index in [1.807, 2.05) is 43.3 Å². The van der Waals surface area contributed by atoms with Gasteiger partial charge >= 0.3 is 5.97 Å². The molecule has 0 unspecified atom stereocenters. The van der Waals surface area contributed by atoms with Crippen LogP contribution in [0.2, 0.25) is 5.02 Å². The SMILES string of the molecule is CN(C)c1ccc(/C=C/C(=O)Nc2ccc(Cl)cc2C(=O)O)cc1. The molecule has 2 N–H and O–H groups in total. The summed E-state index contributed by atoms with van der Waals surface area (Å²) in [5.41, 5.74) is 2.07. The summed E-state index contributed by atoms with van der Waals surface area (Å²) in [7, 11) is 3.90. The maximum atomic E-state index is 12.0. The maximum absolute atomic E-state index is 12.0. The highest BCUT2D eigenvalue weighted by Crippen LogP contribution is 2.21. The molecule has 0 aliphatic carbocycles. The Kier molecular flexibility index (Phi) is 5.60. The van der Waals surface area contributed by atoms with E-state index in [0.717, 1.165) is 11.3 Å². The van der Waals surface area contributed by atoms with Crippen molar-refractivity contribution in [3.63, 3.8) is 0 Å². The van der Waals surface area contributed by atoms with Crippen molar-refractivity contribution in [2.24, 2.45) is 0 Å². The fourth-order valence-electron chi connectivity index (χ4n) is 2.03. The Hall–Kier alpha value is -2.79. The highest BCUT2D eigenvalue weighted by Gasteiger charge is 2.12. The van der Waals surface area contributed by atoms with Gasteiger partial charge in [0.25, 0.3) is 0 Å². The Bertz CT molecular complexity index is 783. The first kappa shape index (κ1) is 17.6. The largest absolute Gasteiger partial charge is 0.478 e. The lowest BCUT2D eigenvalue weighted by Gasteiger charge is -2.11. The summed E-state index contributed by atoms with van der Waals surface area (Å²) in [5.74, 6) is -1.58. The van der Waals surface area contributed by atoms with Crippen molar-refractivity contribution >= 4 is 40.9 Å². The first-order valence-corrected chi connectivity index (χ1v) is 7.54. The van der Waals surface area contributed by atoms with E-state index < -0.39 is 11.9 Å². The second-order valence-electron chi connectivity index (χ2n) is 5.30. The Balaban J connectivity index is 2.09. The zero-order chi connectivity index (χ0) is 17.7. The average molecular weight is 345 g/mol. The Labute approximate surface area is 145 Å². The number of aromatic carboxylic acids is 1. The highest BCUT2D eigenvalue weighted by molar-refractivity contribution is 6.31. The average Bonchev–Trinajstić information content (AvgIpc) is 2.54. The molecule has 0 saturated heterocycles. The molecule has 0 aliphatic rings. The van der Waals surface area contributed by atoms with Gasteiger partial charge in [-0.25, -0.2) is 4.79 Å². The topological polar surface area (TPSA) is 69.6 Å². The van der Waals surface area contributed by atoms with Gasteiger partial charge in [-0.3, -0.25) is 4.79 Å². The molecule has 6 heteroatoms. The normalized spacial score (nSPS) is 10.6. The van der Waals surface area contributed by atoms with Crippen molar-refractivity contribution in [1.29, 1.82) is 0 Å². The first-order valence-electron chi connectivity index (χ1n) is 7.16. The van der Waals surface area contributed by atoms with Crippen molar-refractivity contribution in [2.45, 2.75) is 0 Å². The molecule has 5 nitrogen and oxygen atoms in total. The van der Waals surface area contributed by atoms with Gasteiger partial charge in [0.15, 0.2) is 0 Å². The molecule has 0 heterocycles. The number of anilines is 2. The van der Waals surface area contributed by atoms with Crippen LogP contribution in [0.1, 0.15) is 15.9 Å². The number of benzene rings is 2. The molecule has 24 heavy (non-hydrogen) atoms. The molecule has 0 aliphatic heterocycles. The van der Waals surface area contributed by atoms with Gasteiger partial charge in [-0.15, -0.1) is 0 Å². The van der Waals surface area contributed by atoms with Crippen LogP contribution in [0.15, 0.2) is 48.5 Å². The van der Waals surface area contributed by atoms with Gasteiger partial charge in [0.05, 0.1) is 11.3 Å². The molecule has 0 aromatic heterocycles. The van der Waals surface area contributed by atoms with Gasteiger partial charge in [0.1, 0.15) is 0 Å². The smallest absolute Gasteiger partial charge is 0.337 e.